The standard InChI is InChI=1S/C37H41NO/c1-4-7-8-10-28-14-18-33(19-15-28)35-24-25-36(30(5-2)27-35)34-22-20-32(21-23-34)31-16-12-29(13-17-31)11-9-26-38-37(39)6-3/h6,12-25,27H,3-5,7-11,26H2,1-2H3,(H,38,39). The maximum atomic E-state index is 11.3. The number of carbonyl (C=O) groups is 1. The molecular formula is C37H41NO. The summed E-state index contributed by atoms with van der Waals surface area (Å²) in [5, 5.41) is 2.83. The molecule has 4 aromatic rings. The molecule has 0 unspecified atom stereocenters. The van der Waals surface area contributed by atoms with E-state index in [0.717, 1.165) is 19.3 Å². The minimum atomic E-state index is -0.112. The summed E-state index contributed by atoms with van der Waals surface area (Å²) in [6.07, 6.45) is 9.17. The molecule has 1 amide bonds. The predicted octanol–water partition coefficient (Wildman–Crippen LogP) is 9.22. The molecule has 0 heterocycles. The van der Waals surface area contributed by atoms with Gasteiger partial charge < -0.3 is 5.32 Å². The van der Waals surface area contributed by atoms with Crippen molar-refractivity contribution < 1.29 is 4.79 Å². The van der Waals surface area contributed by atoms with Crippen molar-refractivity contribution >= 4 is 5.91 Å². The molecule has 200 valence electrons. The van der Waals surface area contributed by atoms with Gasteiger partial charge in [-0.2, -0.15) is 0 Å². The van der Waals surface area contributed by atoms with Gasteiger partial charge in [-0.05, 0) is 88.3 Å². The van der Waals surface area contributed by atoms with Gasteiger partial charge in [0.2, 0.25) is 5.91 Å². The van der Waals surface area contributed by atoms with Gasteiger partial charge in [0.25, 0.3) is 0 Å². The summed E-state index contributed by atoms with van der Waals surface area (Å²) in [5.41, 5.74) is 11.7. The van der Waals surface area contributed by atoms with Gasteiger partial charge in [-0.25, -0.2) is 0 Å². The van der Waals surface area contributed by atoms with Gasteiger partial charge in [-0.1, -0.05) is 124 Å². The fourth-order valence-corrected chi connectivity index (χ4v) is 5.07. The summed E-state index contributed by atoms with van der Waals surface area (Å²) in [5.74, 6) is -0.112. The molecule has 39 heavy (non-hydrogen) atoms. The molecule has 0 fully saturated rings. The molecule has 0 saturated heterocycles. The van der Waals surface area contributed by atoms with E-state index in [1.165, 1.54) is 81.8 Å². The molecule has 0 aliphatic rings. The van der Waals surface area contributed by atoms with Crippen LogP contribution in [-0.4, -0.2) is 12.5 Å². The van der Waals surface area contributed by atoms with Crippen molar-refractivity contribution in [2.75, 3.05) is 6.54 Å². The van der Waals surface area contributed by atoms with Crippen LogP contribution in [0.5, 0.6) is 0 Å². The largest absolute Gasteiger partial charge is 0.353 e. The third-order valence-electron chi connectivity index (χ3n) is 7.45. The summed E-state index contributed by atoms with van der Waals surface area (Å²) in [4.78, 5) is 11.3. The number of hydrogen-bond acceptors (Lipinski definition) is 1. The molecule has 2 heteroatoms. The highest BCUT2D eigenvalue weighted by Crippen LogP contribution is 2.31. The maximum Gasteiger partial charge on any atom is 0.243 e. The fraction of sp³-hybridized carbons (Fsp3) is 0.270. The van der Waals surface area contributed by atoms with E-state index in [0.29, 0.717) is 6.54 Å². The van der Waals surface area contributed by atoms with Crippen molar-refractivity contribution in [3.05, 3.63) is 120 Å². The predicted molar refractivity (Wildman–Crippen MR) is 167 cm³/mol. The van der Waals surface area contributed by atoms with Crippen molar-refractivity contribution in [1.82, 2.24) is 5.32 Å². The molecule has 0 spiro atoms. The molecule has 1 N–H and O–H groups in total. The number of amides is 1. The van der Waals surface area contributed by atoms with Crippen molar-refractivity contribution in [2.45, 2.75) is 58.8 Å². The molecule has 4 aromatic carbocycles. The molecular weight excluding hydrogens is 474 g/mol. The molecule has 0 aliphatic heterocycles. The Morgan fingerprint density at radius 3 is 1.74 bits per heavy atom. The average Bonchev–Trinajstić information content (AvgIpc) is 3.00. The minimum Gasteiger partial charge on any atom is -0.353 e. The average molecular weight is 516 g/mol. The molecule has 0 atom stereocenters. The maximum absolute atomic E-state index is 11.3. The van der Waals surface area contributed by atoms with Crippen molar-refractivity contribution in [3.8, 4) is 33.4 Å². The third-order valence-corrected chi connectivity index (χ3v) is 7.45. The normalized spacial score (nSPS) is 10.8. The van der Waals surface area contributed by atoms with Crippen molar-refractivity contribution in [2.24, 2.45) is 0 Å². The monoisotopic (exact) mass is 515 g/mol. The number of hydrogen-bond donors (Lipinski definition) is 1. The number of nitrogens with one attached hydrogen (secondary N) is 1. The first kappa shape index (κ1) is 28.1. The first-order chi connectivity index (χ1) is 19.1. The Kier molecular flexibility index (Phi) is 10.3. The zero-order chi connectivity index (χ0) is 27.5. The van der Waals surface area contributed by atoms with Gasteiger partial charge in [0.05, 0.1) is 0 Å². The van der Waals surface area contributed by atoms with Crippen LogP contribution in [0.4, 0.5) is 0 Å². The summed E-state index contributed by atoms with van der Waals surface area (Å²) < 4.78 is 0. The van der Waals surface area contributed by atoms with Crippen LogP contribution in [0.3, 0.4) is 0 Å². The van der Waals surface area contributed by atoms with E-state index >= 15 is 0 Å². The molecule has 2 nitrogen and oxygen atoms in total. The number of benzene rings is 4. The van der Waals surface area contributed by atoms with Gasteiger partial charge in [-0.15, -0.1) is 0 Å². The highest BCUT2D eigenvalue weighted by atomic mass is 16.1. The number of carbonyl (C=O) groups excluding carboxylic acids is 1. The van der Waals surface area contributed by atoms with Gasteiger partial charge >= 0.3 is 0 Å². The van der Waals surface area contributed by atoms with Crippen LogP contribution in [-0.2, 0) is 24.1 Å². The quantitative estimate of drug-likeness (QED) is 0.139. The van der Waals surface area contributed by atoms with E-state index < -0.39 is 0 Å². The molecule has 0 aromatic heterocycles. The van der Waals surface area contributed by atoms with E-state index in [1.807, 2.05) is 0 Å². The van der Waals surface area contributed by atoms with Crippen LogP contribution in [0.1, 0.15) is 56.2 Å². The second kappa shape index (κ2) is 14.3. The van der Waals surface area contributed by atoms with Crippen LogP contribution < -0.4 is 5.32 Å². The SMILES string of the molecule is C=CC(=O)NCCCc1ccc(-c2ccc(-c3ccc(-c4ccc(CCCCC)cc4)cc3CC)cc2)cc1. The van der Waals surface area contributed by atoms with Crippen LogP contribution in [0, 0.1) is 0 Å². The third kappa shape index (κ3) is 7.80. The first-order valence-electron chi connectivity index (χ1n) is 14.4. The molecule has 0 radical (unpaired) electrons. The van der Waals surface area contributed by atoms with Gasteiger partial charge in [0, 0.05) is 6.54 Å². The highest BCUT2D eigenvalue weighted by molar-refractivity contribution is 5.86. The molecule has 0 bridgehead atoms. The van der Waals surface area contributed by atoms with Crippen LogP contribution >= 0.6 is 0 Å². The van der Waals surface area contributed by atoms with E-state index in [4.69, 9.17) is 0 Å². The first-order valence-corrected chi connectivity index (χ1v) is 14.4. The second-order valence-corrected chi connectivity index (χ2v) is 10.3. The van der Waals surface area contributed by atoms with Crippen LogP contribution in [0.25, 0.3) is 33.4 Å². The van der Waals surface area contributed by atoms with Crippen LogP contribution in [0.2, 0.25) is 0 Å². The van der Waals surface area contributed by atoms with Gasteiger partial charge in [0.1, 0.15) is 0 Å². The summed E-state index contributed by atoms with van der Waals surface area (Å²) in [6, 6.07) is 33.7. The molecule has 0 saturated carbocycles. The Morgan fingerprint density at radius 1 is 0.667 bits per heavy atom. The van der Waals surface area contributed by atoms with Crippen molar-refractivity contribution in [1.29, 1.82) is 0 Å². The lowest BCUT2D eigenvalue weighted by Gasteiger charge is -2.13. The number of aryl methyl sites for hydroxylation is 3. The summed E-state index contributed by atoms with van der Waals surface area (Å²) in [6.45, 7) is 8.64. The number of unbranched alkanes of at least 4 members (excludes halogenated alkanes) is 2. The van der Waals surface area contributed by atoms with E-state index in [2.05, 4.69) is 117 Å². The summed E-state index contributed by atoms with van der Waals surface area (Å²) in [7, 11) is 0. The van der Waals surface area contributed by atoms with E-state index in [-0.39, 0.29) is 5.91 Å². The minimum absolute atomic E-state index is 0.112. The Bertz CT molecular complexity index is 1350. The topological polar surface area (TPSA) is 29.1 Å². The smallest absolute Gasteiger partial charge is 0.243 e. The van der Waals surface area contributed by atoms with Gasteiger partial charge in [0.15, 0.2) is 0 Å². The Labute approximate surface area is 234 Å². The highest BCUT2D eigenvalue weighted by Gasteiger charge is 2.08. The lowest BCUT2D eigenvalue weighted by molar-refractivity contribution is -0.116. The van der Waals surface area contributed by atoms with E-state index in [9.17, 15) is 4.79 Å². The van der Waals surface area contributed by atoms with Crippen LogP contribution in [0.15, 0.2) is 104 Å². The zero-order valence-electron chi connectivity index (χ0n) is 23.5. The lowest BCUT2D eigenvalue weighted by Crippen LogP contribution is -2.22. The zero-order valence-corrected chi connectivity index (χ0v) is 23.5. The molecule has 0 aliphatic carbocycles. The Balaban J connectivity index is 1.41. The summed E-state index contributed by atoms with van der Waals surface area (Å²) >= 11 is 0. The number of rotatable bonds is 13. The Morgan fingerprint density at radius 2 is 1.18 bits per heavy atom. The second-order valence-electron chi connectivity index (χ2n) is 10.3. The molecule has 4 rings (SSSR count). The lowest BCUT2D eigenvalue weighted by atomic mass is 9.92. The van der Waals surface area contributed by atoms with E-state index in [1.54, 1.807) is 0 Å². The van der Waals surface area contributed by atoms with Crippen molar-refractivity contribution in [3.63, 3.8) is 0 Å². The Hall–Kier alpha value is -3.91. The van der Waals surface area contributed by atoms with Gasteiger partial charge in [-0.3, -0.25) is 4.79 Å². The fourth-order valence-electron chi connectivity index (χ4n) is 5.07.